The number of rotatable bonds is 8. The Bertz CT molecular complexity index is 2220. The number of fused-ring (bicyclic) bond motifs is 16. The summed E-state index contributed by atoms with van der Waals surface area (Å²) >= 11 is 0. The van der Waals surface area contributed by atoms with Crippen LogP contribution < -0.4 is 0 Å². The highest BCUT2D eigenvalue weighted by atomic mass is 14.8. The third kappa shape index (κ3) is 4.76. The number of nitrogens with one attached hydrogen (secondary N) is 2. The number of aromatic amines is 2. The van der Waals surface area contributed by atoms with Gasteiger partial charge in [-0.3, -0.25) is 4.98 Å². The lowest BCUT2D eigenvalue weighted by atomic mass is 9.63. The van der Waals surface area contributed by atoms with Crippen molar-refractivity contribution in [1.82, 2.24) is 24.9 Å². The Morgan fingerprint density at radius 2 is 1.21 bits per heavy atom. The van der Waals surface area contributed by atoms with Gasteiger partial charge < -0.3 is 9.97 Å². The summed E-state index contributed by atoms with van der Waals surface area (Å²) in [5, 5.41) is 0. The van der Waals surface area contributed by atoms with Gasteiger partial charge in [-0.2, -0.15) is 0 Å². The van der Waals surface area contributed by atoms with Gasteiger partial charge in [-0.1, -0.05) is 52.7 Å². The normalized spacial score (nSPS) is 17.8. The van der Waals surface area contributed by atoms with Crippen LogP contribution >= 0.6 is 0 Å². The van der Waals surface area contributed by atoms with Crippen LogP contribution in [0.5, 0.6) is 0 Å². The first-order valence-corrected chi connectivity index (χ1v) is 18.3. The number of allylic oxidation sites excluding steroid dienone is 5. The maximum Gasteiger partial charge on any atom is 0.0693 e. The van der Waals surface area contributed by atoms with Gasteiger partial charge in [0.25, 0.3) is 0 Å². The monoisotopic (exact) mass is 633 g/mol. The highest BCUT2D eigenvalue weighted by Crippen LogP contribution is 2.57. The standard InChI is InChI=1S/C43H47N5/c1-7-11-14-28-24(5)33-20-35-26(9-3)27(10-4)36(47-35)21-34-25(6)29(15-12-8-2)38(46-34)23-40-43-41-30-16-13-19-44-32(30)18-17-31(41)42(43)39(48-40)22-37(28)45-33/h13,16-23,31,41,47-48H,7-12,14-15H2,1-6H3. The fraction of sp³-hybridized carbons (Fsp3) is 0.372. The van der Waals surface area contributed by atoms with E-state index in [0.29, 0.717) is 5.92 Å². The van der Waals surface area contributed by atoms with Crippen LogP contribution in [0.1, 0.15) is 148 Å². The first kappa shape index (κ1) is 30.8. The predicted molar refractivity (Wildman–Crippen MR) is 202 cm³/mol. The van der Waals surface area contributed by atoms with Crippen LogP contribution in [-0.2, 0) is 12.8 Å². The smallest absolute Gasteiger partial charge is 0.0693 e. The molecule has 2 N–H and O–H groups in total. The fourth-order valence-electron chi connectivity index (χ4n) is 8.66. The van der Waals surface area contributed by atoms with Crippen molar-refractivity contribution in [2.24, 2.45) is 0 Å². The zero-order chi connectivity index (χ0) is 33.1. The molecule has 244 valence electrons. The zero-order valence-electron chi connectivity index (χ0n) is 29.3. The van der Waals surface area contributed by atoms with E-state index < -0.39 is 0 Å². The van der Waals surface area contributed by atoms with Gasteiger partial charge in [0.15, 0.2) is 0 Å². The molecule has 0 spiro atoms. The molecule has 0 fully saturated rings. The maximum absolute atomic E-state index is 5.40. The Morgan fingerprint density at radius 3 is 1.77 bits per heavy atom. The minimum absolute atomic E-state index is 0.288. The highest BCUT2D eigenvalue weighted by molar-refractivity contribution is 5.96. The molecule has 0 aromatic carbocycles. The molecule has 8 rings (SSSR count). The predicted octanol–water partition coefficient (Wildman–Crippen LogP) is 11.3. The Morgan fingerprint density at radius 1 is 0.667 bits per heavy atom. The molecular weight excluding hydrogens is 587 g/mol. The molecule has 48 heavy (non-hydrogen) atoms. The minimum Gasteiger partial charge on any atom is -0.355 e. The average Bonchev–Trinajstić information content (AvgIpc) is 3.75. The molecule has 2 aliphatic heterocycles. The molecule has 0 saturated carbocycles. The van der Waals surface area contributed by atoms with E-state index in [-0.39, 0.29) is 5.92 Å². The van der Waals surface area contributed by atoms with E-state index in [0.717, 1.165) is 79.8 Å². The molecule has 2 unspecified atom stereocenters. The minimum atomic E-state index is 0.288. The van der Waals surface area contributed by atoms with E-state index >= 15 is 0 Å². The van der Waals surface area contributed by atoms with E-state index in [9.17, 15) is 0 Å². The fourth-order valence-corrected chi connectivity index (χ4v) is 8.66. The molecule has 5 heteroatoms. The van der Waals surface area contributed by atoms with Crippen LogP contribution in [0.2, 0.25) is 0 Å². The van der Waals surface area contributed by atoms with Crippen LogP contribution in [0.4, 0.5) is 0 Å². The van der Waals surface area contributed by atoms with Crippen molar-refractivity contribution in [3.63, 3.8) is 0 Å². The van der Waals surface area contributed by atoms with E-state index in [4.69, 9.17) is 15.0 Å². The number of aromatic nitrogens is 5. The Balaban J connectivity index is 1.49. The second kappa shape index (κ2) is 12.2. The van der Waals surface area contributed by atoms with Gasteiger partial charge >= 0.3 is 0 Å². The molecule has 4 aliphatic rings. The molecule has 2 aliphatic carbocycles. The lowest BCUT2D eigenvalue weighted by Gasteiger charge is -2.39. The summed E-state index contributed by atoms with van der Waals surface area (Å²) in [6.07, 6.45) is 15.1. The summed E-state index contributed by atoms with van der Waals surface area (Å²) in [5.74, 6) is 0.607. The first-order valence-electron chi connectivity index (χ1n) is 18.3. The number of hydrogen-bond acceptors (Lipinski definition) is 3. The van der Waals surface area contributed by atoms with Crippen LogP contribution in [0.15, 0.2) is 48.7 Å². The SMILES string of the molecule is CCCCC1=C(C)c2cc3[nH]c(cc4nc(cc5[nH]c(cc1n2)c1c5C2c5cccnc5C=CC12)C(CCCC)=C4C)c(CC)c3CC. The number of H-pyrrole nitrogens is 2. The van der Waals surface area contributed by atoms with E-state index in [1.54, 1.807) is 0 Å². The summed E-state index contributed by atoms with van der Waals surface area (Å²) < 4.78 is 0. The molecule has 0 radical (unpaired) electrons. The highest BCUT2D eigenvalue weighted by Gasteiger charge is 2.43. The van der Waals surface area contributed by atoms with Crippen molar-refractivity contribution < 1.29 is 0 Å². The van der Waals surface area contributed by atoms with Gasteiger partial charge in [-0.25, -0.2) is 9.97 Å². The second-order valence-electron chi connectivity index (χ2n) is 14.0. The molecule has 5 nitrogen and oxygen atoms in total. The van der Waals surface area contributed by atoms with E-state index in [1.165, 1.54) is 72.2 Å². The van der Waals surface area contributed by atoms with Crippen molar-refractivity contribution in [2.75, 3.05) is 0 Å². The summed E-state index contributed by atoms with van der Waals surface area (Å²) in [7, 11) is 0. The van der Waals surface area contributed by atoms with Gasteiger partial charge in [0.1, 0.15) is 0 Å². The molecular formula is C43H47N5. The zero-order valence-corrected chi connectivity index (χ0v) is 29.3. The van der Waals surface area contributed by atoms with Crippen molar-refractivity contribution in [1.29, 1.82) is 0 Å². The topological polar surface area (TPSA) is 70.2 Å². The molecule has 0 amide bonds. The van der Waals surface area contributed by atoms with Crippen LogP contribution in [-0.4, -0.2) is 24.9 Å². The lowest BCUT2D eigenvalue weighted by Crippen LogP contribution is -2.25. The Labute approximate surface area is 284 Å². The maximum atomic E-state index is 5.40. The van der Waals surface area contributed by atoms with Crippen LogP contribution in [0.25, 0.3) is 50.4 Å². The third-order valence-corrected chi connectivity index (χ3v) is 11.3. The molecule has 2 atom stereocenters. The van der Waals surface area contributed by atoms with E-state index in [1.807, 2.05) is 6.20 Å². The number of unbranched alkanes of at least 4 members (excludes halogenated alkanes) is 2. The van der Waals surface area contributed by atoms with Gasteiger partial charge in [0, 0.05) is 40.1 Å². The molecule has 6 heterocycles. The second-order valence-corrected chi connectivity index (χ2v) is 14.0. The first-order chi connectivity index (χ1) is 23.4. The summed E-state index contributed by atoms with van der Waals surface area (Å²) in [6.45, 7) is 13.6. The van der Waals surface area contributed by atoms with Crippen LogP contribution in [0, 0.1) is 0 Å². The number of aryl methyl sites for hydroxylation is 2. The van der Waals surface area contributed by atoms with E-state index in [2.05, 4.69) is 100 Å². The summed E-state index contributed by atoms with van der Waals surface area (Å²) in [6, 6.07) is 13.7. The van der Waals surface area contributed by atoms with Gasteiger partial charge in [-0.15, -0.1) is 0 Å². The average molecular weight is 634 g/mol. The molecule has 0 saturated heterocycles. The van der Waals surface area contributed by atoms with Gasteiger partial charge in [-0.05, 0) is 139 Å². The summed E-state index contributed by atoms with van der Waals surface area (Å²) in [4.78, 5) is 23.3. The van der Waals surface area contributed by atoms with Gasteiger partial charge in [0.2, 0.25) is 0 Å². The molecule has 4 aromatic rings. The van der Waals surface area contributed by atoms with Crippen molar-refractivity contribution in [2.45, 2.75) is 105 Å². The van der Waals surface area contributed by atoms with Crippen molar-refractivity contribution in [3.8, 4) is 0 Å². The van der Waals surface area contributed by atoms with Crippen molar-refractivity contribution >= 4 is 50.4 Å². The van der Waals surface area contributed by atoms with Crippen molar-refractivity contribution in [3.05, 3.63) is 105 Å². The van der Waals surface area contributed by atoms with Gasteiger partial charge in [0.05, 0.1) is 28.5 Å². The quantitative estimate of drug-likeness (QED) is 0.203. The number of hydrogen-bond donors (Lipinski definition) is 2. The largest absolute Gasteiger partial charge is 0.355 e. The van der Waals surface area contributed by atoms with Crippen LogP contribution in [0.3, 0.4) is 0 Å². The Kier molecular flexibility index (Phi) is 7.82. The number of nitrogens with zero attached hydrogens (tertiary/aromatic N) is 3. The third-order valence-electron chi connectivity index (χ3n) is 11.3. The lowest BCUT2D eigenvalue weighted by molar-refractivity contribution is 0.632. The molecule has 8 bridgehead atoms. The number of pyridine rings is 1. The summed E-state index contributed by atoms with van der Waals surface area (Å²) in [5.41, 5.74) is 22.3. The molecule has 4 aromatic heterocycles. The Hall–Kier alpha value is -4.51.